The number of morpholine rings is 1. The summed E-state index contributed by atoms with van der Waals surface area (Å²) in [6, 6.07) is 14.7. The van der Waals surface area contributed by atoms with E-state index in [2.05, 4.69) is 34.6 Å². The summed E-state index contributed by atoms with van der Waals surface area (Å²) >= 11 is 1.63. The number of hydrogen-bond donors (Lipinski definition) is 1. The highest BCUT2D eigenvalue weighted by Gasteiger charge is 2.25. The Morgan fingerprint density at radius 3 is 2.47 bits per heavy atom. The van der Waals surface area contributed by atoms with E-state index in [4.69, 9.17) is 4.74 Å². The number of carbonyl (C=O) groups excluding carboxylic acids is 1. The second-order valence-electron chi connectivity index (χ2n) is 7.91. The molecule has 9 heteroatoms. The predicted molar refractivity (Wildman–Crippen MR) is 134 cm³/mol. The van der Waals surface area contributed by atoms with Gasteiger partial charge in [0, 0.05) is 36.7 Å². The van der Waals surface area contributed by atoms with Crippen LogP contribution in [0, 0.1) is 6.92 Å². The number of nitrogens with zero attached hydrogens (tertiary/aromatic N) is 2. The van der Waals surface area contributed by atoms with Gasteiger partial charge in [-0.2, -0.15) is 4.31 Å². The van der Waals surface area contributed by atoms with E-state index in [0.717, 1.165) is 33.8 Å². The molecule has 1 N–H and O–H groups in total. The lowest BCUT2D eigenvalue weighted by atomic mass is 10.1. The number of rotatable bonds is 8. The van der Waals surface area contributed by atoms with Crippen molar-refractivity contribution in [1.29, 1.82) is 0 Å². The van der Waals surface area contributed by atoms with Crippen LogP contribution in [-0.2, 0) is 26.0 Å². The molecule has 0 unspecified atom stereocenters. The number of nitrogens with one attached hydrogen (secondary N) is 1. The monoisotopic (exact) mass is 497 g/mol. The van der Waals surface area contributed by atoms with Crippen molar-refractivity contribution in [3.8, 4) is 11.3 Å². The Kier molecular flexibility index (Phi) is 7.89. The Bertz CT molecular complexity index is 1240. The maximum atomic E-state index is 12.7. The van der Waals surface area contributed by atoms with Crippen molar-refractivity contribution >= 4 is 33.3 Å². The summed E-state index contributed by atoms with van der Waals surface area (Å²) in [6.07, 6.45) is 3.86. The number of ether oxygens (including phenoxy) is 1. The zero-order valence-corrected chi connectivity index (χ0v) is 20.6. The molecule has 1 aliphatic rings. The Labute approximate surface area is 204 Å². The first-order chi connectivity index (χ1) is 16.4. The number of sulfonamides is 1. The highest BCUT2D eigenvalue weighted by Crippen LogP contribution is 2.22. The summed E-state index contributed by atoms with van der Waals surface area (Å²) in [5.74, 6) is -0.195. The molecule has 3 aromatic rings. The molecule has 0 atom stereocenters. The summed E-state index contributed by atoms with van der Waals surface area (Å²) in [5.41, 5.74) is 3.96. The predicted octanol–water partition coefficient (Wildman–Crippen LogP) is 3.51. The molecule has 0 saturated carbocycles. The maximum absolute atomic E-state index is 12.7. The Morgan fingerprint density at radius 2 is 1.82 bits per heavy atom. The molecular weight excluding hydrogens is 470 g/mol. The topological polar surface area (TPSA) is 88.6 Å². The van der Waals surface area contributed by atoms with Crippen LogP contribution >= 0.6 is 11.3 Å². The summed E-state index contributed by atoms with van der Waals surface area (Å²) < 4.78 is 32.0. The van der Waals surface area contributed by atoms with E-state index in [-0.39, 0.29) is 10.8 Å². The number of amides is 1. The highest BCUT2D eigenvalue weighted by molar-refractivity contribution is 7.89. The minimum Gasteiger partial charge on any atom is -0.379 e. The van der Waals surface area contributed by atoms with Gasteiger partial charge in [-0.3, -0.25) is 4.79 Å². The van der Waals surface area contributed by atoms with Crippen molar-refractivity contribution in [2.75, 3.05) is 32.8 Å². The van der Waals surface area contributed by atoms with Gasteiger partial charge in [-0.15, -0.1) is 11.3 Å². The number of benzene rings is 2. The van der Waals surface area contributed by atoms with Gasteiger partial charge in [-0.1, -0.05) is 36.4 Å². The zero-order valence-electron chi connectivity index (χ0n) is 18.9. The molecule has 0 bridgehead atoms. The average Bonchev–Trinajstić information content (AvgIpc) is 3.30. The van der Waals surface area contributed by atoms with Gasteiger partial charge in [-0.05, 0) is 42.7 Å². The summed E-state index contributed by atoms with van der Waals surface area (Å²) in [4.78, 5) is 16.9. The van der Waals surface area contributed by atoms with E-state index in [1.165, 1.54) is 10.4 Å². The van der Waals surface area contributed by atoms with Crippen LogP contribution in [0.1, 0.15) is 16.1 Å². The fraction of sp³-hybridized carbons (Fsp3) is 0.280. The molecule has 1 fully saturated rings. The van der Waals surface area contributed by atoms with Gasteiger partial charge >= 0.3 is 0 Å². The third kappa shape index (κ3) is 6.18. The van der Waals surface area contributed by atoms with Crippen molar-refractivity contribution < 1.29 is 17.9 Å². The van der Waals surface area contributed by atoms with E-state index >= 15 is 0 Å². The molecule has 34 heavy (non-hydrogen) atoms. The van der Waals surface area contributed by atoms with Gasteiger partial charge in [0.2, 0.25) is 15.9 Å². The molecule has 0 radical (unpaired) electrons. The zero-order chi connectivity index (χ0) is 24.0. The number of aryl methyl sites for hydroxylation is 1. The van der Waals surface area contributed by atoms with Crippen LogP contribution in [0.3, 0.4) is 0 Å². The quantitative estimate of drug-likeness (QED) is 0.481. The molecular formula is C25H27N3O4S2. The number of hydrogen-bond acceptors (Lipinski definition) is 6. The minimum atomic E-state index is -3.52. The highest BCUT2D eigenvalue weighted by atomic mass is 32.2. The van der Waals surface area contributed by atoms with Crippen molar-refractivity contribution in [3.63, 3.8) is 0 Å². The standard InChI is InChI=1S/C25H27N3O4S2/c1-19-27-24(18-33-19)22-7-2-21(3-8-22)12-13-26-25(29)11-6-20-4-9-23(10-5-20)34(30,31)28-14-16-32-17-15-28/h2-11,18H,12-17H2,1H3,(H,26,29)/b11-6+. The number of aromatic nitrogens is 1. The molecule has 7 nitrogen and oxygen atoms in total. The normalized spacial score (nSPS) is 15.0. The van der Waals surface area contributed by atoms with Crippen LogP contribution in [0.15, 0.2) is 64.9 Å². The lowest BCUT2D eigenvalue weighted by Gasteiger charge is -2.26. The molecule has 2 heterocycles. The van der Waals surface area contributed by atoms with Crippen molar-refractivity contribution in [2.24, 2.45) is 0 Å². The van der Waals surface area contributed by atoms with Crippen molar-refractivity contribution in [3.05, 3.63) is 76.1 Å². The second kappa shape index (κ2) is 11.1. The van der Waals surface area contributed by atoms with Gasteiger partial charge in [-0.25, -0.2) is 13.4 Å². The van der Waals surface area contributed by atoms with E-state index in [1.54, 1.807) is 41.7 Å². The molecule has 178 valence electrons. The van der Waals surface area contributed by atoms with Crippen LogP contribution in [-0.4, -0.2) is 56.5 Å². The summed E-state index contributed by atoms with van der Waals surface area (Å²) in [6.45, 7) is 4.06. The second-order valence-corrected chi connectivity index (χ2v) is 10.9. The fourth-order valence-electron chi connectivity index (χ4n) is 3.59. The van der Waals surface area contributed by atoms with Gasteiger partial charge in [0.25, 0.3) is 0 Å². The van der Waals surface area contributed by atoms with Crippen LogP contribution in [0.25, 0.3) is 17.3 Å². The van der Waals surface area contributed by atoms with Gasteiger partial charge in [0.15, 0.2) is 0 Å². The van der Waals surface area contributed by atoms with Gasteiger partial charge in [0.05, 0.1) is 28.8 Å². The van der Waals surface area contributed by atoms with E-state index < -0.39 is 10.0 Å². The fourth-order valence-corrected chi connectivity index (χ4v) is 5.62. The molecule has 0 aliphatic carbocycles. The average molecular weight is 498 g/mol. The smallest absolute Gasteiger partial charge is 0.244 e. The lowest BCUT2D eigenvalue weighted by molar-refractivity contribution is -0.116. The third-order valence-corrected chi connectivity index (χ3v) is 8.18. The molecule has 1 aliphatic heterocycles. The van der Waals surface area contributed by atoms with Crippen LogP contribution in [0.2, 0.25) is 0 Å². The van der Waals surface area contributed by atoms with Crippen LogP contribution in [0.4, 0.5) is 0 Å². The first-order valence-electron chi connectivity index (χ1n) is 11.1. The minimum absolute atomic E-state index is 0.195. The largest absolute Gasteiger partial charge is 0.379 e. The van der Waals surface area contributed by atoms with E-state index in [1.807, 2.05) is 12.3 Å². The van der Waals surface area contributed by atoms with Gasteiger partial charge in [0.1, 0.15) is 0 Å². The van der Waals surface area contributed by atoms with E-state index in [0.29, 0.717) is 32.8 Å². The molecule has 2 aromatic carbocycles. The van der Waals surface area contributed by atoms with Crippen LogP contribution < -0.4 is 5.32 Å². The first kappa shape index (κ1) is 24.3. The Morgan fingerprint density at radius 1 is 1.12 bits per heavy atom. The summed E-state index contributed by atoms with van der Waals surface area (Å²) in [7, 11) is -3.52. The first-order valence-corrected chi connectivity index (χ1v) is 13.4. The SMILES string of the molecule is Cc1nc(-c2ccc(CCNC(=O)/C=C/c3ccc(S(=O)(=O)N4CCOCC4)cc3)cc2)cs1. The Hall–Kier alpha value is -2.85. The van der Waals surface area contributed by atoms with Crippen molar-refractivity contribution in [1.82, 2.24) is 14.6 Å². The maximum Gasteiger partial charge on any atom is 0.244 e. The molecule has 1 amide bonds. The lowest BCUT2D eigenvalue weighted by Crippen LogP contribution is -2.40. The molecule has 0 spiro atoms. The Balaban J connectivity index is 1.25. The van der Waals surface area contributed by atoms with Crippen molar-refractivity contribution in [2.45, 2.75) is 18.2 Å². The van der Waals surface area contributed by atoms with E-state index in [9.17, 15) is 13.2 Å². The molecule has 1 saturated heterocycles. The summed E-state index contributed by atoms with van der Waals surface area (Å²) in [5, 5.41) is 5.97. The molecule has 1 aromatic heterocycles. The van der Waals surface area contributed by atoms with Crippen LogP contribution in [0.5, 0.6) is 0 Å². The molecule has 4 rings (SSSR count). The van der Waals surface area contributed by atoms with Gasteiger partial charge < -0.3 is 10.1 Å². The number of carbonyl (C=O) groups is 1. The number of thiazole rings is 1. The third-order valence-electron chi connectivity index (χ3n) is 5.50.